The van der Waals surface area contributed by atoms with E-state index in [1.807, 2.05) is 39.8 Å². The summed E-state index contributed by atoms with van der Waals surface area (Å²) in [5, 5.41) is 15.1. The Morgan fingerprint density at radius 1 is 0.326 bits per heavy atom. The highest BCUT2D eigenvalue weighted by molar-refractivity contribution is 6.22. The standard InChI is InChI=1S/C16H10.C12H10.C12H18.2C2H6.CH4O/c1-3-11-7-9-13-5-2-6-14-10-8-12(4-1)15(11)16(13)14;1-3-7-11(8-4-1)12-9-5-2-6-10-12;1-9(2)11-5-7-12(8-6-11)10(3)4;3*1-2/h1-10H;1-10H;5-10H,1-4H3;2*1-2H3;2H,1H3. The van der Waals surface area contributed by atoms with E-state index in [4.69, 9.17) is 5.11 Å². The van der Waals surface area contributed by atoms with Crippen LogP contribution in [0.5, 0.6) is 0 Å². The molecule has 0 unspecified atom stereocenters. The van der Waals surface area contributed by atoms with Gasteiger partial charge < -0.3 is 5.11 Å². The van der Waals surface area contributed by atoms with Gasteiger partial charge in [0, 0.05) is 7.11 Å². The molecular weight excluding hydrogens is 556 g/mol. The zero-order valence-corrected chi connectivity index (χ0v) is 29.5. The lowest BCUT2D eigenvalue weighted by Gasteiger charge is -2.09. The monoisotopic (exact) mass is 610 g/mol. The zero-order valence-electron chi connectivity index (χ0n) is 29.5. The summed E-state index contributed by atoms with van der Waals surface area (Å²) < 4.78 is 0. The van der Waals surface area contributed by atoms with Crippen molar-refractivity contribution in [1.29, 1.82) is 0 Å². The Morgan fingerprint density at radius 2 is 0.587 bits per heavy atom. The van der Waals surface area contributed by atoms with Crippen molar-refractivity contribution in [3.05, 3.63) is 157 Å². The summed E-state index contributed by atoms with van der Waals surface area (Å²) in [6.45, 7) is 16.9. The van der Waals surface area contributed by atoms with Crippen LogP contribution in [0.3, 0.4) is 0 Å². The third-order valence-corrected chi connectivity index (χ3v) is 7.54. The van der Waals surface area contributed by atoms with Crippen LogP contribution in [0.1, 0.15) is 78.4 Å². The molecule has 0 heterocycles. The molecule has 0 amide bonds. The maximum Gasteiger partial charge on any atom is 0.0319 e. The highest BCUT2D eigenvalue weighted by atomic mass is 16.2. The van der Waals surface area contributed by atoms with Crippen molar-refractivity contribution in [3.63, 3.8) is 0 Å². The number of hydrogen-bond donors (Lipinski definition) is 1. The number of hydrogen-bond acceptors (Lipinski definition) is 1. The van der Waals surface area contributed by atoms with E-state index in [2.05, 4.69) is 161 Å². The molecule has 7 aromatic carbocycles. The van der Waals surface area contributed by atoms with Gasteiger partial charge >= 0.3 is 0 Å². The SMILES string of the molecule is CC.CC.CC(C)c1ccc(C(C)C)cc1.CO.c1cc2ccc3cccc4ccc(c1)c2c34.c1ccc(-c2ccccc2)cc1. The second-order valence-electron chi connectivity index (χ2n) is 11.0. The minimum Gasteiger partial charge on any atom is -0.400 e. The molecule has 0 saturated carbocycles. The Hall–Kier alpha value is -4.46. The summed E-state index contributed by atoms with van der Waals surface area (Å²) in [5.41, 5.74) is 5.41. The topological polar surface area (TPSA) is 20.2 Å². The lowest BCUT2D eigenvalue weighted by molar-refractivity contribution is 0.399. The summed E-state index contributed by atoms with van der Waals surface area (Å²) in [5.74, 6) is 1.29. The molecule has 1 heteroatoms. The van der Waals surface area contributed by atoms with Gasteiger partial charge in [0.25, 0.3) is 0 Å². The highest BCUT2D eigenvalue weighted by Gasteiger charge is 2.06. The van der Waals surface area contributed by atoms with Gasteiger partial charge in [0.15, 0.2) is 0 Å². The second kappa shape index (κ2) is 20.5. The van der Waals surface area contributed by atoms with Crippen LogP contribution in [0, 0.1) is 0 Å². The van der Waals surface area contributed by atoms with Crippen molar-refractivity contribution in [1.82, 2.24) is 0 Å². The number of benzene rings is 7. The fourth-order valence-electron chi connectivity index (χ4n) is 5.20. The quantitative estimate of drug-likeness (QED) is 0.197. The molecule has 0 atom stereocenters. The number of aliphatic hydroxyl groups is 1. The third kappa shape index (κ3) is 10.3. The van der Waals surface area contributed by atoms with Crippen molar-refractivity contribution < 1.29 is 5.11 Å². The molecule has 0 aliphatic heterocycles. The van der Waals surface area contributed by atoms with Gasteiger partial charge in [0.05, 0.1) is 0 Å². The second-order valence-corrected chi connectivity index (χ2v) is 11.0. The minimum absolute atomic E-state index is 0.645. The largest absolute Gasteiger partial charge is 0.400 e. The Kier molecular flexibility index (Phi) is 16.9. The molecule has 0 aliphatic rings. The molecule has 0 fully saturated rings. The van der Waals surface area contributed by atoms with E-state index in [0.717, 1.165) is 7.11 Å². The third-order valence-electron chi connectivity index (χ3n) is 7.54. The van der Waals surface area contributed by atoms with E-state index in [0.29, 0.717) is 11.8 Å². The molecule has 240 valence electrons. The van der Waals surface area contributed by atoms with Crippen LogP contribution in [0.2, 0.25) is 0 Å². The molecule has 1 nitrogen and oxygen atoms in total. The van der Waals surface area contributed by atoms with Crippen LogP contribution in [0.15, 0.2) is 146 Å². The molecule has 0 aliphatic carbocycles. The first kappa shape index (κ1) is 37.7. The molecule has 0 radical (unpaired) electrons. The van der Waals surface area contributed by atoms with Gasteiger partial charge in [-0.05, 0) is 66.4 Å². The van der Waals surface area contributed by atoms with Crippen molar-refractivity contribution >= 4 is 32.3 Å². The lowest BCUT2D eigenvalue weighted by atomic mass is 9.95. The van der Waals surface area contributed by atoms with Gasteiger partial charge in [-0.2, -0.15) is 0 Å². The number of aliphatic hydroxyl groups excluding tert-OH is 1. The smallest absolute Gasteiger partial charge is 0.0319 e. The maximum absolute atomic E-state index is 7.00. The van der Waals surface area contributed by atoms with E-state index in [-0.39, 0.29) is 0 Å². The van der Waals surface area contributed by atoms with E-state index in [9.17, 15) is 0 Å². The van der Waals surface area contributed by atoms with Crippen LogP contribution in [-0.2, 0) is 0 Å². The molecular formula is C45H54O. The van der Waals surface area contributed by atoms with Gasteiger partial charge in [0.1, 0.15) is 0 Å². The fourth-order valence-corrected chi connectivity index (χ4v) is 5.20. The van der Waals surface area contributed by atoms with Gasteiger partial charge in [-0.15, -0.1) is 0 Å². The highest BCUT2D eigenvalue weighted by Crippen LogP contribution is 2.33. The van der Waals surface area contributed by atoms with Crippen molar-refractivity contribution in [3.8, 4) is 11.1 Å². The zero-order chi connectivity index (χ0) is 33.9. The normalized spacial score (nSPS) is 9.91. The van der Waals surface area contributed by atoms with Crippen molar-refractivity contribution in [2.24, 2.45) is 0 Å². The first-order valence-electron chi connectivity index (χ1n) is 16.8. The molecule has 46 heavy (non-hydrogen) atoms. The Labute approximate surface area is 278 Å². The minimum atomic E-state index is 0.645. The molecule has 1 N–H and O–H groups in total. The average Bonchev–Trinajstić information content (AvgIpc) is 3.14. The fraction of sp³-hybridized carbons (Fsp3) is 0.244. The van der Waals surface area contributed by atoms with Crippen LogP contribution < -0.4 is 0 Å². The van der Waals surface area contributed by atoms with Gasteiger partial charge in [-0.25, -0.2) is 0 Å². The molecule has 0 spiro atoms. The molecule has 0 bridgehead atoms. The average molecular weight is 611 g/mol. The Morgan fingerprint density at radius 3 is 0.826 bits per heavy atom. The van der Waals surface area contributed by atoms with Crippen LogP contribution in [-0.4, -0.2) is 12.2 Å². The lowest BCUT2D eigenvalue weighted by Crippen LogP contribution is -1.90. The van der Waals surface area contributed by atoms with Crippen molar-refractivity contribution in [2.45, 2.75) is 67.2 Å². The molecule has 0 aromatic heterocycles. The van der Waals surface area contributed by atoms with E-state index >= 15 is 0 Å². The predicted octanol–water partition coefficient (Wildman–Crippen LogP) is 13.5. The number of rotatable bonds is 3. The van der Waals surface area contributed by atoms with Crippen molar-refractivity contribution in [2.75, 3.05) is 7.11 Å². The Bertz CT molecular complexity index is 1570. The summed E-state index contributed by atoms with van der Waals surface area (Å²) >= 11 is 0. The summed E-state index contributed by atoms with van der Waals surface area (Å²) in [4.78, 5) is 0. The first-order chi connectivity index (χ1) is 22.5. The first-order valence-corrected chi connectivity index (χ1v) is 16.8. The van der Waals surface area contributed by atoms with Gasteiger partial charge in [0.2, 0.25) is 0 Å². The Balaban J connectivity index is 0.000000225. The maximum atomic E-state index is 7.00. The summed E-state index contributed by atoms with van der Waals surface area (Å²) in [7, 11) is 1.00. The van der Waals surface area contributed by atoms with Crippen LogP contribution >= 0.6 is 0 Å². The predicted molar refractivity (Wildman–Crippen MR) is 207 cm³/mol. The molecule has 0 saturated heterocycles. The summed E-state index contributed by atoms with van der Waals surface area (Å²) in [6.07, 6.45) is 0. The molecule has 7 aromatic rings. The van der Waals surface area contributed by atoms with E-state index in [1.165, 1.54) is 54.6 Å². The van der Waals surface area contributed by atoms with Crippen LogP contribution in [0.4, 0.5) is 0 Å². The van der Waals surface area contributed by atoms with E-state index < -0.39 is 0 Å². The molecule has 7 rings (SSSR count). The van der Waals surface area contributed by atoms with Gasteiger partial charge in [-0.3, -0.25) is 0 Å². The van der Waals surface area contributed by atoms with Gasteiger partial charge in [-0.1, -0.05) is 201 Å². The van der Waals surface area contributed by atoms with E-state index in [1.54, 1.807) is 0 Å². The van der Waals surface area contributed by atoms with Crippen LogP contribution in [0.25, 0.3) is 43.4 Å². The summed E-state index contributed by atoms with van der Waals surface area (Å²) in [6, 6.07) is 51.6.